The number of aromatic hydroxyl groups is 1. The number of carboxylic acids is 1. The van der Waals surface area contributed by atoms with Crippen molar-refractivity contribution >= 4 is 15.8 Å². The molecule has 0 aliphatic carbocycles. The molecule has 0 aliphatic rings. The van der Waals surface area contributed by atoms with Crippen molar-refractivity contribution in [1.82, 2.24) is 0 Å². The van der Waals surface area contributed by atoms with E-state index in [2.05, 4.69) is 0 Å². The van der Waals surface area contributed by atoms with Crippen molar-refractivity contribution in [2.24, 2.45) is 0 Å². The summed E-state index contributed by atoms with van der Waals surface area (Å²) in [5.74, 6) is -1.76. The van der Waals surface area contributed by atoms with E-state index >= 15 is 0 Å². The van der Waals surface area contributed by atoms with Gasteiger partial charge in [-0.25, -0.2) is 13.2 Å². The zero-order valence-electron chi connectivity index (χ0n) is 14.8. The van der Waals surface area contributed by atoms with E-state index in [9.17, 15) is 18.3 Å². The highest BCUT2D eigenvalue weighted by atomic mass is 32.2. The molecule has 0 atom stereocenters. The molecule has 0 saturated carbocycles. The van der Waals surface area contributed by atoms with Crippen LogP contribution in [0.25, 0.3) is 11.1 Å². The Morgan fingerprint density at radius 2 is 1.54 bits per heavy atom. The van der Waals surface area contributed by atoms with Crippen molar-refractivity contribution in [2.45, 2.75) is 4.90 Å². The number of benzene rings is 3. The van der Waals surface area contributed by atoms with Gasteiger partial charge in [-0.3, -0.25) is 0 Å². The number of rotatable bonds is 7. The number of carbonyl (C=O) groups is 1. The molecule has 7 heteroatoms. The van der Waals surface area contributed by atoms with Crippen molar-refractivity contribution in [1.29, 1.82) is 0 Å². The lowest BCUT2D eigenvalue weighted by Gasteiger charge is -2.09. The van der Waals surface area contributed by atoms with E-state index in [0.717, 1.165) is 17.2 Å². The maximum atomic E-state index is 12.5. The quantitative estimate of drug-likeness (QED) is 0.631. The molecule has 3 aromatic carbocycles. The average Bonchev–Trinajstić information content (AvgIpc) is 2.68. The molecule has 0 saturated heterocycles. The summed E-state index contributed by atoms with van der Waals surface area (Å²) in [4.78, 5) is 11.1. The van der Waals surface area contributed by atoms with Crippen LogP contribution in [0, 0.1) is 0 Å². The number of phenols is 1. The topological polar surface area (TPSA) is 101 Å². The van der Waals surface area contributed by atoms with Crippen molar-refractivity contribution in [3.8, 4) is 22.6 Å². The Kier molecular flexibility index (Phi) is 5.65. The largest absolute Gasteiger partial charge is 0.507 e. The van der Waals surface area contributed by atoms with Crippen molar-refractivity contribution in [2.75, 3.05) is 12.4 Å². The van der Waals surface area contributed by atoms with Gasteiger partial charge < -0.3 is 14.9 Å². The molecule has 0 fully saturated rings. The van der Waals surface area contributed by atoms with Crippen molar-refractivity contribution in [3.05, 3.63) is 78.4 Å². The molecule has 0 amide bonds. The van der Waals surface area contributed by atoms with Crippen LogP contribution in [-0.4, -0.2) is 37.0 Å². The molecule has 3 rings (SSSR count). The minimum absolute atomic E-state index is 0.130. The highest BCUT2D eigenvalue weighted by molar-refractivity contribution is 7.91. The zero-order valence-corrected chi connectivity index (χ0v) is 15.6. The lowest BCUT2D eigenvalue weighted by atomic mass is 10.1. The molecule has 144 valence electrons. The van der Waals surface area contributed by atoms with E-state index in [-0.39, 0.29) is 28.6 Å². The lowest BCUT2D eigenvalue weighted by Crippen LogP contribution is -2.14. The molecule has 0 heterocycles. The van der Waals surface area contributed by atoms with E-state index in [1.165, 1.54) is 12.1 Å². The van der Waals surface area contributed by atoms with E-state index < -0.39 is 21.6 Å². The van der Waals surface area contributed by atoms with Crippen LogP contribution in [0.5, 0.6) is 11.5 Å². The SMILES string of the molecule is O=C(O)c1ccc(OCCS(=O)(=O)c2ccc(-c3ccccc3)cc2)cc1O. The Labute approximate surface area is 162 Å². The second-order valence-corrected chi connectivity index (χ2v) is 8.15. The van der Waals surface area contributed by atoms with Gasteiger partial charge in [0.2, 0.25) is 0 Å². The summed E-state index contributed by atoms with van der Waals surface area (Å²) in [6.45, 7) is -0.130. The lowest BCUT2D eigenvalue weighted by molar-refractivity contribution is 0.0693. The Morgan fingerprint density at radius 1 is 0.893 bits per heavy atom. The predicted octanol–water partition coefficient (Wildman–Crippen LogP) is 3.61. The van der Waals surface area contributed by atoms with Crippen LogP contribution in [0.4, 0.5) is 0 Å². The highest BCUT2D eigenvalue weighted by Gasteiger charge is 2.15. The van der Waals surface area contributed by atoms with Gasteiger partial charge in [-0.1, -0.05) is 42.5 Å². The van der Waals surface area contributed by atoms with E-state index in [0.29, 0.717) is 0 Å². The smallest absolute Gasteiger partial charge is 0.339 e. The highest BCUT2D eigenvalue weighted by Crippen LogP contribution is 2.24. The summed E-state index contributed by atoms with van der Waals surface area (Å²) in [6, 6.07) is 20.0. The Hall–Kier alpha value is -3.32. The van der Waals surface area contributed by atoms with Gasteiger partial charge in [0.25, 0.3) is 0 Å². The number of aromatic carboxylic acids is 1. The molecule has 0 unspecified atom stereocenters. The Morgan fingerprint density at radius 3 is 2.14 bits per heavy atom. The fourth-order valence-corrected chi connectivity index (χ4v) is 3.74. The minimum atomic E-state index is -3.54. The summed E-state index contributed by atoms with van der Waals surface area (Å²) in [5.41, 5.74) is 1.67. The van der Waals surface area contributed by atoms with Gasteiger partial charge in [0.05, 0.1) is 10.6 Å². The fraction of sp³-hybridized carbons (Fsp3) is 0.0952. The van der Waals surface area contributed by atoms with Crippen LogP contribution in [0.2, 0.25) is 0 Å². The summed E-state index contributed by atoms with van der Waals surface area (Å²) in [5, 5.41) is 18.5. The van der Waals surface area contributed by atoms with Crippen LogP contribution >= 0.6 is 0 Å². The molecular weight excluding hydrogens is 380 g/mol. The maximum Gasteiger partial charge on any atom is 0.339 e. The molecule has 3 aromatic rings. The first kappa shape index (κ1) is 19.4. The minimum Gasteiger partial charge on any atom is -0.507 e. The normalized spacial score (nSPS) is 11.1. The summed E-state index contributed by atoms with van der Waals surface area (Å²) in [7, 11) is -3.54. The van der Waals surface area contributed by atoms with Gasteiger partial charge in [-0.2, -0.15) is 0 Å². The monoisotopic (exact) mass is 398 g/mol. The maximum absolute atomic E-state index is 12.5. The van der Waals surface area contributed by atoms with Gasteiger partial charge in [-0.15, -0.1) is 0 Å². The van der Waals surface area contributed by atoms with E-state index in [1.54, 1.807) is 24.3 Å². The van der Waals surface area contributed by atoms with Gasteiger partial charge >= 0.3 is 5.97 Å². The number of hydrogen-bond acceptors (Lipinski definition) is 5. The van der Waals surface area contributed by atoms with Crippen LogP contribution in [0.15, 0.2) is 77.7 Å². The second-order valence-electron chi connectivity index (χ2n) is 6.04. The first-order chi connectivity index (χ1) is 13.4. The first-order valence-corrected chi connectivity index (χ1v) is 10.1. The van der Waals surface area contributed by atoms with E-state index in [4.69, 9.17) is 9.84 Å². The fourth-order valence-electron chi connectivity index (χ4n) is 2.65. The second kappa shape index (κ2) is 8.14. The van der Waals surface area contributed by atoms with Gasteiger partial charge in [0.15, 0.2) is 9.84 Å². The molecule has 6 nitrogen and oxygen atoms in total. The van der Waals surface area contributed by atoms with E-state index in [1.807, 2.05) is 30.3 Å². The number of sulfone groups is 1. The van der Waals surface area contributed by atoms with Crippen molar-refractivity contribution in [3.63, 3.8) is 0 Å². The molecule has 28 heavy (non-hydrogen) atoms. The van der Waals surface area contributed by atoms with Gasteiger partial charge in [0, 0.05) is 6.07 Å². The summed E-state index contributed by atoms with van der Waals surface area (Å²) >= 11 is 0. The number of hydrogen-bond donors (Lipinski definition) is 2. The Bertz CT molecular complexity index is 1070. The van der Waals surface area contributed by atoms with Gasteiger partial charge in [0.1, 0.15) is 23.7 Å². The zero-order chi connectivity index (χ0) is 20.1. The Balaban J connectivity index is 1.64. The molecule has 0 spiro atoms. The summed E-state index contributed by atoms with van der Waals surface area (Å²) in [6.07, 6.45) is 0. The number of ether oxygens (including phenoxy) is 1. The van der Waals surface area contributed by atoms with Crippen molar-refractivity contribution < 1.29 is 28.2 Å². The third kappa shape index (κ3) is 4.50. The molecule has 0 aliphatic heterocycles. The predicted molar refractivity (Wildman–Crippen MR) is 104 cm³/mol. The molecule has 0 bridgehead atoms. The standard InChI is InChI=1S/C21H18O6S/c22-20-14-17(8-11-19(20)21(23)24)27-12-13-28(25,26)18-9-6-16(7-10-18)15-4-2-1-3-5-15/h1-11,14,22H,12-13H2,(H,23,24). The first-order valence-electron chi connectivity index (χ1n) is 8.44. The molecule has 2 N–H and O–H groups in total. The van der Waals surface area contributed by atoms with Gasteiger partial charge in [-0.05, 0) is 35.4 Å². The third-order valence-corrected chi connectivity index (χ3v) is 5.84. The van der Waals surface area contributed by atoms with Crippen LogP contribution in [0.3, 0.4) is 0 Å². The molecule has 0 aromatic heterocycles. The van der Waals surface area contributed by atoms with Crippen LogP contribution in [-0.2, 0) is 9.84 Å². The average molecular weight is 398 g/mol. The van der Waals surface area contributed by atoms with Crippen LogP contribution in [0.1, 0.15) is 10.4 Å². The van der Waals surface area contributed by atoms with Crippen LogP contribution < -0.4 is 4.74 Å². The summed E-state index contributed by atoms with van der Waals surface area (Å²) < 4.78 is 30.3. The number of carboxylic acid groups (broad SMARTS) is 1. The third-order valence-electron chi connectivity index (χ3n) is 4.14. The molecular formula is C21H18O6S. The molecule has 0 radical (unpaired) electrons.